The van der Waals surface area contributed by atoms with Gasteiger partial charge in [-0.25, -0.2) is 4.39 Å². The molecule has 0 spiro atoms. The standard InChI is InChI=1S/C15H20FNO2/c1-14(2,9-10-18)17-13(19)15(7-8-15)11-3-5-12(16)6-4-11/h3-6,18H,7-10H2,1-2H3,(H,17,19). The minimum absolute atomic E-state index is 0.0300. The number of aliphatic hydroxyl groups is 1. The van der Waals surface area contributed by atoms with E-state index < -0.39 is 11.0 Å². The van der Waals surface area contributed by atoms with Gasteiger partial charge in [0.05, 0.1) is 5.41 Å². The molecule has 104 valence electrons. The van der Waals surface area contributed by atoms with E-state index in [0.29, 0.717) is 6.42 Å². The number of benzene rings is 1. The molecule has 1 aromatic rings. The highest BCUT2D eigenvalue weighted by Crippen LogP contribution is 2.48. The zero-order chi connectivity index (χ0) is 14.1. The van der Waals surface area contributed by atoms with E-state index >= 15 is 0 Å². The summed E-state index contributed by atoms with van der Waals surface area (Å²) in [5.74, 6) is -0.321. The Morgan fingerprint density at radius 3 is 2.42 bits per heavy atom. The molecule has 0 aliphatic heterocycles. The van der Waals surface area contributed by atoms with Crippen molar-refractivity contribution in [1.29, 1.82) is 0 Å². The lowest BCUT2D eigenvalue weighted by atomic mass is 9.92. The Balaban J connectivity index is 2.12. The highest BCUT2D eigenvalue weighted by molar-refractivity contribution is 5.91. The monoisotopic (exact) mass is 265 g/mol. The van der Waals surface area contributed by atoms with E-state index in [9.17, 15) is 9.18 Å². The van der Waals surface area contributed by atoms with Crippen LogP contribution in [0.3, 0.4) is 0 Å². The summed E-state index contributed by atoms with van der Waals surface area (Å²) in [6, 6.07) is 6.14. The predicted octanol–water partition coefficient (Wildman–Crippen LogP) is 2.13. The fraction of sp³-hybridized carbons (Fsp3) is 0.533. The zero-order valence-corrected chi connectivity index (χ0v) is 11.4. The molecule has 0 heterocycles. The van der Waals surface area contributed by atoms with Crippen molar-refractivity contribution in [2.75, 3.05) is 6.61 Å². The van der Waals surface area contributed by atoms with Gasteiger partial charge < -0.3 is 10.4 Å². The van der Waals surface area contributed by atoms with Crippen LogP contribution < -0.4 is 5.32 Å². The molecule has 0 unspecified atom stereocenters. The summed E-state index contributed by atoms with van der Waals surface area (Å²) < 4.78 is 12.9. The summed E-state index contributed by atoms with van der Waals surface area (Å²) in [5.41, 5.74) is -0.0618. The molecular formula is C15H20FNO2. The SMILES string of the molecule is CC(C)(CCO)NC(=O)C1(c2ccc(F)cc2)CC1. The van der Waals surface area contributed by atoms with Crippen molar-refractivity contribution < 1.29 is 14.3 Å². The van der Waals surface area contributed by atoms with E-state index in [0.717, 1.165) is 18.4 Å². The Labute approximate surface area is 112 Å². The van der Waals surface area contributed by atoms with Crippen molar-refractivity contribution in [3.05, 3.63) is 35.6 Å². The molecule has 0 atom stereocenters. The first-order valence-corrected chi connectivity index (χ1v) is 6.59. The lowest BCUT2D eigenvalue weighted by Crippen LogP contribution is -2.48. The molecule has 1 saturated carbocycles. The van der Waals surface area contributed by atoms with Gasteiger partial charge in [-0.2, -0.15) is 0 Å². The van der Waals surface area contributed by atoms with E-state index in [-0.39, 0.29) is 18.3 Å². The number of carbonyl (C=O) groups is 1. The second-order valence-corrected chi connectivity index (χ2v) is 5.90. The fourth-order valence-electron chi connectivity index (χ4n) is 2.31. The molecule has 1 aliphatic rings. The van der Waals surface area contributed by atoms with Crippen LogP contribution in [0.2, 0.25) is 0 Å². The maximum Gasteiger partial charge on any atom is 0.231 e. The molecule has 1 aliphatic carbocycles. The second kappa shape index (κ2) is 4.93. The van der Waals surface area contributed by atoms with Gasteiger partial charge in [-0.15, -0.1) is 0 Å². The third-order valence-corrected chi connectivity index (χ3v) is 3.77. The van der Waals surface area contributed by atoms with Crippen molar-refractivity contribution in [2.24, 2.45) is 0 Å². The normalized spacial score (nSPS) is 17.1. The molecule has 1 amide bonds. The molecule has 0 radical (unpaired) electrons. The van der Waals surface area contributed by atoms with Crippen LogP contribution in [0.4, 0.5) is 4.39 Å². The molecular weight excluding hydrogens is 245 g/mol. The van der Waals surface area contributed by atoms with Gasteiger partial charge in [0.1, 0.15) is 5.82 Å². The van der Waals surface area contributed by atoms with Gasteiger partial charge in [0.2, 0.25) is 5.91 Å². The molecule has 3 nitrogen and oxygen atoms in total. The van der Waals surface area contributed by atoms with Crippen molar-refractivity contribution in [1.82, 2.24) is 5.32 Å². The summed E-state index contributed by atoms with van der Waals surface area (Å²) in [5, 5.41) is 12.0. The molecule has 1 fully saturated rings. The van der Waals surface area contributed by atoms with Gasteiger partial charge in [0.25, 0.3) is 0 Å². The van der Waals surface area contributed by atoms with Crippen LogP contribution in [-0.4, -0.2) is 23.2 Å². The van der Waals surface area contributed by atoms with Gasteiger partial charge in [-0.1, -0.05) is 12.1 Å². The van der Waals surface area contributed by atoms with Crippen molar-refractivity contribution >= 4 is 5.91 Å². The van der Waals surface area contributed by atoms with E-state index in [2.05, 4.69) is 5.32 Å². The minimum atomic E-state index is -0.500. The van der Waals surface area contributed by atoms with Gasteiger partial charge in [0.15, 0.2) is 0 Å². The lowest BCUT2D eigenvalue weighted by Gasteiger charge is -2.28. The number of rotatable bonds is 5. The molecule has 0 aromatic heterocycles. The van der Waals surface area contributed by atoms with Crippen LogP contribution in [0.1, 0.15) is 38.7 Å². The Morgan fingerprint density at radius 1 is 1.37 bits per heavy atom. The molecule has 4 heteroatoms. The Morgan fingerprint density at radius 2 is 1.95 bits per heavy atom. The lowest BCUT2D eigenvalue weighted by molar-refractivity contribution is -0.125. The summed E-state index contributed by atoms with van der Waals surface area (Å²) in [4.78, 5) is 12.4. The van der Waals surface area contributed by atoms with Crippen LogP contribution in [0.5, 0.6) is 0 Å². The summed E-state index contributed by atoms with van der Waals surface area (Å²) in [6.45, 7) is 3.82. The first-order chi connectivity index (χ1) is 8.89. The van der Waals surface area contributed by atoms with Crippen LogP contribution >= 0.6 is 0 Å². The minimum Gasteiger partial charge on any atom is -0.396 e. The van der Waals surface area contributed by atoms with Gasteiger partial charge in [0, 0.05) is 12.1 Å². The zero-order valence-electron chi connectivity index (χ0n) is 11.4. The largest absolute Gasteiger partial charge is 0.396 e. The highest BCUT2D eigenvalue weighted by Gasteiger charge is 2.52. The number of nitrogens with one attached hydrogen (secondary N) is 1. The van der Waals surface area contributed by atoms with E-state index in [1.807, 2.05) is 13.8 Å². The van der Waals surface area contributed by atoms with E-state index in [1.165, 1.54) is 12.1 Å². The molecule has 2 rings (SSSR count). The second-order valence-electron chi connectivity index (χ2n) is 5.90. The maximum atomic E-state index is 12.9. The number of carbonyl (C=O) groups excluding carboxylic acids is 1. The molecule has 19 heavy (non-hydrogen) atoms. The molecule has 0 bridgehead atoms. The smallest absolute Gasteiger partial charge is 0.231 e. The molecule has 0 saturated heterocycles. The first kappa shape index (κ1) is 14.0. The van der Waals surface area contributed by atoms with Crippen molar-refractivity contribution in [3.63, 3.8) is 0 Å². The number of hydrogen-bond acceptors (Lipinski definition) is 2. The third-order valence-electron chi connectivity index (χ3n) is 3.77. The van der Waals surface area contributed by atoms with E-state index in [4.69, 9.17) is 5.11 Å². The average molecular weight is 265 g/mol. The average Bonchev–Trinajstić information content (AvgIpc) is 3.10. The fourth-order valence-corrected chi connectivity index (χ4v) is 2.31. The quantitative estimate of drug-likeness (QED) is 0.857. The Bertz CT molecular complexity index is 464. The van der Waals surface area contributed by atoms with E-state index in [1.54, 1.807) is 12.1 Å². The van der Waals surface area contributed by atoms with Crippen LogP contribution in [0.15, 0.2) is 24.3 Å². The van der Waals surface area contributed by atoms with Crippen LogP contribution in [0.25, 0.3) is 0 Å². The third kappa shape index (κ3) is 2.95. The summed E-state index contributed by atoms with van der Waals surface area (Å²) in [7, 11) is 0. The first-order valence-electron chi connectivity index (χ1n) is 6.59. The topological polar surface area (TPSA) is 49.3 Å². The molecule has 1 aromatic carbocycles. The Kier molecular flexibility index (Phi) is 3.63. The Hall–Kier alpha value is -1.42. The van der Waals surface area contributed by atoms with Crippen LogP contribution in [-0.2, 0) is 10.2 Å². The van der Waals surface area contributed by atoms with Crippen molar-refractivity contribution in [3.8, 4) is 0 Å². The summed E-state index contributed by atoms with van der Waals surface area (Å²) >= 11 is 0. The van der Waals surface area contributed by atoms with Crippen molar-refractivity contribution in [2.45, 2.75) is 44.1 Å². The maximum absolute atomic E-state index is 12.9. The number of hydrogen-bond donors (Lipinski definition) is 2. The highest BCUT2D eigenvalue weighted by atomic mass is 19.1. The number of halogens is 1. The summed E-state index contributed by atoms with van der Waals surface area (Å²) in [6.07, 6.45) is 2.09. The van der Waals surface area contributed by atoms with Gasteiger partial charge >= 0.3 is 0 Å². The van der Waals surface area contributed by atoms with Gasteiger partial charge in [-0.3, -0.25) is 4.79 Å². The predicted molar refractivity (Wildman–Crippen MR) is 71.2 cm³/mol. The number of aliphatic hydroxyl groups excluding tert-OH is 1. The van der Waals surface area contributed by atoms with Crippen LogP contribution in [0, 0.1) is 5.82 Å². The molecule has 2 N–H and O–H groups in total. The van der Waals surface area contributed by atoms with Gasteiger partial charge in [-0.05, 0) is 50.8 Å². The number of amides is 1.